The van der Waals surface area contributed by atoms with E-state index >= 15 is 0 Å². The van der Waals surface area contributed by atoms with E-state index in [-0.39, 0.29) is 12.1 Å². The highest BCUT2D eigenvalue weighted by Gasteiger charge is 2.18. The van der Waals surface area contributed by atoms with Crippen LogP contribution in [0.15, 0.2) is 54.9 Å². The predicted molar refractivity (Wildman–Crippen MR) is 92.1 cm³/mol. The number of aromatic nitrogens is 2. The lowest BCUT2D eigenvalue weighted by Crippen LogP contribution is -2.09. The van der Waals surface area contributed by atoms with Crippen LogP contribution < -0.4 is 9.47 Å². The van der Waals surface area contributed by atoms with Crippen molar-refractivity contribution >= 4 is 0 Å². The molecule has 0 spiro atoms. The zero-order chi connectivity index (χ0) is 17.8. The van der Waals surface area contributed by atoms with E-state index in [1.165, 1.54) is 20.3 Å². The van der Waals surface area contributed by atoms with Crippen molar-refractivity contribution in [2.75, 3.05) is 14.2 Å². The fraction of sp³-hybridized carbons (Fsp3) is 0.211. The maximum Gasteiger partial charge on any atom is 0.163 e. The Kier molecular flexibility index (Phi) is 5.00. The van der Waals surface area contributed by atoms with Gasteiger partial charge in [-0.1, -0.05) is 30.3 Å². The molecular formula is C19H19FN2O3. The van der Waals surface area contributed by atoms with Crippen LogP contribution in [-0.2, 0) is 6.54 Å². The first-order valence-electron chi connectivity index (χ1n) is 7.80. The maximum absolute atomic E-state index is 14.5. The highest BCUT2D eigenvalue weighted by molar-refractivity contribution is 5.62. The molecule has 130 valence electrons. The van der Waals surface area contributed by atoms with Crippen molar-refractivity contribution in [3.8, 4) is 22.9 Å². The number of methoxy groups -OCH3 is 2. The lowest BCUT2D eigenvalue weighted by atomic mass is 10.1. The van der Waals surface area contributed by atoms with Gasteiger partial charge in [-0.15, -0.1) is 0 Å². The first-order valence-corrected chi connectivity index (χ1v) is 7.80. The third-order valence-corrected chi connectivity index (χ3v) is 3.98. The van der Waals surface area contributed by atoms with Crippen LogP contribution >= 0.6 is 0 Å². The van der Waals surface area contributed by atoms with E-state index in [2.05, 4.69) is 4.98 Å². The van der Waals surface area contributed by atoms with Gasteiger partial charge in [0, 0.05) is 18.5 Å². The molecule has 25 heavy (non-hydrogen) atoms. The average Bonchev–Trinajstić information content (AvgIpc) is 3.09. The first kappa shape index (κ1) is 17.0. The van der Waals surface area contributed by atoms with Crippen molar-refractivity contribution < 1.29 is 19.0 Å². The van der Waals surface area contributed by atoms with Gasteiger partial charge in [-0.05, 0) is 11.6 Å². The van der Waals surface area contributed by atoms with Crippen molar-refractivity contribution in [1.82, 2.24) is 9.55 Å². The molecular weight excluding hydrogens is 323 g/mol. The molecule has 0 saturated heterocycles. The molecule has 0 fully saturated rings. The number of rotatable bonds is 6. The fourth-order valence-corrected chi connectivity index (χ4v) is 2.69. The Balaban J connectivity index is 1.94. The van der Waals surface area contributed by atoms with Crippen molar-refractivity contribution in [3.05, 3.63) is 66.2 Å². The van der Waals surface area contributed by atoms with Gasteiger partial charge in [0.25, 0.3) is 0 Å². The van der Waals surface area contributed by atoms with Crippen molar-refractivity contribution in [3.63, 3.8) is 0 Å². The third kappa shape index (κ3) is 3.49. The van der Waals surface area contributed by atoms with Crippen LogP contribution in [0.4, 0.5) is 4.39 Å². The summed E-state index contributed by atoms with van der Waals surface area (Å²) in [4.78, 5) is 4.24. The minimum atomic E-state index is -0.725. The summed E-state index contributed by atoms with van der Waals surface area (Å²) in [5.41, 5.74) is 1.07. The van der Waals surface area contributed by atoms with E-state index in [0.717, 1.165) is 5.56 Å². The molecule has 1 N–H and O–H groups in total. The Morgan fingerprint density at radius 3 is 2.48 bits per heavy atom. The number of halogens is 1. The maximum atomic E-state index is 14.5. The Bertz CT molecular complexity index is 849. The van der Waals surface area contributed by atoms with Crippen LogP contribution in [0.1, 0.15) is 11.7 Å². The largest absolute Gasteiger partial charge is 0.493 e. The molecule has 0 bridgehead atoms. The fourth-order valence-electron chi connectivity index (χ4n) is 2.69. The van der Waals surface area contributed by atoms with Gasteiger partial charge in [0.05, 0.1) is 32.4 Å². The van der Waals surface area contributed by atoms with E-state index < -0.39 is 11.9 Å². The molecule has 0 aliphatic rings. The lowest BCUT2D eigenvalue weighted by molar-refractivity contribution is 0.157. The van der Waals surface area contributed by atoms with Crippen molar-refractivity contribution in [2.45, 2.75) is 12.6 Å². The summed E-state index contributed by atoms with van der Waals surface area (Å²) in [7, 11) is 2.94. The van der Waals surface area contributed by atoms with E-state index in [4.69, 9.17) is 9.47 Å². The summed E-state index contributed by atoms with van der Waals surface area (Å²) in [5, 5.41) is 10.4. The van der Waals surface area contributed by atoms with Gasteiger partial charge in [-0.25, -0.2) is 9.37 Å². The van der Waals surface area contributed by atoms with Crippen LogP contribution in [-0.4, -0.2) is 28.9 Å². The van der Waals surface area contributed by atoms with Crippen LogP contribution in [0.25, 0.3) is 11.4 Å². The Morgan fingerprint density at radius 1 is 1.12 bits per heavy atom. The lowest BCUT2D eigenvalue weighted by Gasteiger charge is -2.15. The number of aliphatic hydroxyl groups is 1. The highest BCUT2D eigenvalue weighted by atomic mass is 19.1. The van der Waals surface area contributed by atoms with Gasteiger partial charge in [-0.2, -0.15) is 0 Å². The standard InChI is InChI=1S/C19H19FN2O3/c1-24-17-10-14(15(20)11-18(17)25-2)19-21-8-9-22(19)12-16(23)13-6-4-3-5-7-13/h3-11,16,23H,12H2,1-2H3/t16-/m0/s1. The second kappa shape index (κ2) is 7.36. The molecule has 0 unspecified atom stereocenters. The number of ether oxygens (including phenoxy) is 2. The number of benzene rings is 2. The Hall–Kier alpha value is -2.86. The molecule has 1 aromatic heterocycles. The summed E-state index contributed by atoms with van der Waals surface area (Å²) in [6, 6.07) is 12.1. The molecule has 6 heteroatoms. The molecule has 0 amide bonds. The van der Waals surface area contributed by atoms with Crippen LogP contribution in [0.3, 0.4) is 0 Å². The summed E-state index contributed by atoms with van der Waals surface area (Å²) < 4.78 is 26.6. The minimum absolute atomic E-state index is 0.257. The molecule has 0 aliphatic carbocycles. The summed E-state index contributed by atoms with van der Waals surface area (Å²) in [5.74, 6) is 0.663. The quantitative estimate of drug-likeness (QED) is 0.745. The normalized spacial score (nSPS) is 12.0. The molecule has 3 aromatic rings. The van der Waals surface area contributed by atoms with Crippen molar-refractivity contribution in [2.24, 2.45) is 0 Å². The number of aliphatic hydroxyl groups excluding tert-OH is 1. The van der Waals surface area contributed by atoms with Crippen molar-refractivity contribution in [1.29, 1.82) is 0 Å². The summed E-state index contributed by atoms with van der Waals surface area (Å²) in [6.07, 6.45) is 2.55. The van der Waals surface area contributed by atoms with Gasteiger partial charge in [-0.3, -0.25) is 0 Å². The molecule has 0 radical (unpaired) electrons. The van der Waals surface area contributed by atoms with Gasteiger partial charge >= 0.3 is 0 Å². The molecule has 5 nitrogen and oxygen atoms in total. The Morgan fingerprint density at radius 2 is 1.80 bits per heavy atom. The smallest absolute Gasteiger partial charge is 0.163 e. The number of imidazole rings is 1. The summed E-state index contributed by atoms with van der Waals surface area (Å²) in [6.45, 7) is 0.257. The summed E-state index contributed by atoms with van der Waals surface area (Å²) >= 11 is 0. The van der Waals surface area contributed by atoms with Crippen LogP contribution in [0.2, 0.25) is 0 Å². The predicted octanol–water partition coefficient (Wildman–Crippen LogP) is 3.44. The topological polar surface area (TPSA) is 56.5 Å². The molecule has 3 rings (SSSR count). The van der Waals surface area contributed by atoms with E-state index in [1.54, 1.807) is 23.0 Å². The minimum Gasteiger partial charge on any atom is -0.493 e. The van der Waals surface area contributed by atoms with Crippen LogP contribution in [0.5, 0.6) is 11.5 Å². The monoisotopic (exact) mass is 342 g/mol. The van der Waals surface area contributed by atoms with E-state index in [1.807, 2.05) is 30.3 Å². The highest BCUT2D eigenvalue weighted by Crippen LogP contribution is 2.34. The molecule has 1 heterocycles. The van der Waals surface area contributed by atoms with Gasteiger partial charge in [0.1, 0.15) is 11.6 Å². The molecule has 2 aromatic carbocycles. The second-order valence-corrected chi connectivity index (χ2v) is 5.52. The van der Waals surface area contributed by atoms with E-state index in [0.29, 0.717) is 17.3 Å². The molecule has 0 aliphatic heterocycles. The average molecular weight is 342 g/mol. The molecule has 1 atom stereocenters. The number of hydrogen-bond acceptors (Lipinski definition) is 4. The zero-order valence-electron chi connectivity index (χ0n) is 14.0. The molecule has 0 saturated carbocycles. The van der Waals surface area contributed by atoms with Gasteiger partial charge < -0.3 is 19.1 Å². The number of nitrogens with zero attached hydrogens (tertiary/aromatic N) is 2. The SMILES string of the molecule is COc1cc(F)c(-c2nccn2C[C@H](O)c2ccccc2)cc1OC. The first-order chi connectivity index (χ1) is 12.1. The Labute approximate surface area is 145 Å². The second-order valence-electron chi connectivity index (χ2n) is 5.52. The number of hydrogen-bond donors (Lipinski definition) is 1. The zero-order valence-corrected chi connectivity index (χ0v) is 14.0. The van der Waals surface area contributed by atoms with Gasteiger partial charge in [0.15, 0.2) is 11.5 Å². The third-order valence-electron chi connectivity index (χ3n) is 3.98. The van der Waals surface area contributed by atoms with Gasteiger partial charge in [0.2, 0.25) is 0 Å². The van der Waals surface area contributed by atoms with Crippen LogP contribution in [0, 0.1) is 5.82 Å². The van der Waals surface area contributed by atoms with E-state index in [9.17, 15) is 9.50 Å².